The number of benzene rings is 1. The molecule has 10 heteroatoms. The van der Waals surface area contributed by atoms with Crippen LogP contribution < -0.4 is 0 Å². The van der Waals surface area contributed by atoms with E-state index in [1.807, 2.05) is 19.1 Å². The van der Waals surface area contributed by atoms with Crippen LogP contribution in [0.3, 0.4) is 0 Å². The van der Waals surface area contributed by atoms with Crippen LogP contribution in [-0.2, 0) is 12.7 Å². The molecule has 160 valence electrons. The van der Waals surface area contributed by atoms with Crippen LogP contribution in [0.25, 0.3) is 22.6 Å². The van der Waals surface area contributed by atoms with Gasteiger partial charge in [0.25, 0.3) is 0 Å². The van der Waals surface area contributed by atoms with Gasteiger partial charge in [-0.05, 0) is 19.1 Å². The number of aromatic carboxylic acids is 1. The number of carboxylic acids is 1. The number of nitrogens with zero attached hydrogens (tertiary/aromatic N) is 4. The Balaban J connectivity index is 0.000000287. The second kappa shape index (κ2) is 8.92. The van der Waals surface area contributed by atoms with Crippen LogP contribution in [0.4, 0.5) is 13.2 Å². The standard InChI is InChI=1S/C15H10F3N3O2.C6H7N2/c1-8-2-4-9(5-3-8)10-6-12(15(16,17)18)21-13(19-10)7-11(20-21)14(22)23;7-4-6-2-1-3-8-5-6/h2-7H,1H3,(H,22,23);1-3,5,7H,4H2/q;-1. The van der Waals surface area contributed by atoms with Crippen LogP contribution >= 0.6 is 0 Å². The number of hydrogen-bond acceptors (Lipinski definition) is 4. The summed E-state index contributed by atoms with van der Waals surface area (Å²) in [7, 11) is 0. The largest absolute Gasteiger partial charge is 0.674 e. The van der Waals surface area contributed by atoms with E-state index in [0.717, 1.165) is 23.3 Å². The van der Waals surface area contributed by atoms with E-state index in [9.17, 15) is 18.0 Å². The number of halogens is 3. The summed E-state index contributed by atoms with van der Waals surface area (Å²) in [4.78, 5) is 18.9. The van der Waals surface area contributed by atoms with Gasteiger partial charge in [0.15, 0.2) is 17.0 Å². The average Bonchev–Trinajstić information content (AvgIpc) is 3.18. The molecule has 1 aromatic carbocycles. The molecule has 0 bridgehead atoms. The lowest BCUT2D eigenvalue weighted by Crippen LogP contribution is -2.14. The zero-order chi connectivity index (χ0) is 22.6. The lowest BCUT2D eigenvalue weighted by molar-refractivity contribution is -0.142. The molecule has 4 aromatic rings. The molecule has 7 nitrogen and oxygen atoms in total. The predicted octanol–water partition coefficient (Wildman–Crippen LogP) is 5.06. The second-order valence-corrected chi connectivity index (χ2v) is 6.53. The molecule has 0 radical (unpaired) electrons. The Morgan fingerprint density at radius 3 is 2.39 bits per heavy atom. The topological polar surface area (TPSA) is 104 Å². The van der Waals surface area contributed by atoms with Gasteiger partial charge in [-0.15, -0.1) is 6.54 Å². The number of alkyl halides is 3. The molecule has 0 spiro atoms. The van der Waals surface area contributed by atoms with Gasteiger partial charge in [-0.25, -0.2) is 14.3 Å². The Bertz CT molecular complexity index is 1190. The minimum absolute atomic E-state index is 0.0988. The number of pyridine rings is 1. The molecule has 31 heavy (non-hydrogen) atoms. The third-order valence-electron chi connectivity index (χ3n) is 4.21. The number of carbonyl (C=O) groups is 1. The van der Waals surface area contributed by atoms with Crippen molar-refractivity contribution in [2.24, 2.45) is 0 Å². The van der Waals surface area contributed by atoms with E-state index in [4.69, 9.17) is 10.8 Å². The SMILES string of the molecule is Cc1ccc(-c2cc(C(F)(F)F)n3nc(C(=O)O)cc3n2)cc1.[NH-]Cc1cccnc1. The Hall–Kier alpha value is -3.79. The number of aryl methyl sites for hydroxylation is 1. The number of carboxylic acid groups (broad SMARTS) is 1. The Kier molecular flexibility index (Phi) is 6.30. The number of fused-ring (bicyclic) bond motifs is 1. The van der Waals surface area contributed by atoms with Crippen molar-refractivity contribution in [1.29, 1.82) is 0 Å². The molecule has 2 N–H and O–H groups in total. The summed E-state index contributed by atoms with van der Waals surface area (Å²) >= 11 is 0. The van der Waals surface area contributed by atoms with Gasteiger partial charge in [0.2, 0.25) is 0 Å². The van der Waals surface area contributed by atoms with Crippen molar-refractivity contribution in [3.8, 4) is 11.3 Å². The molecular weight excluding hydrogens is 411 g/mol. The van der Waals surface area contributed by atoms with Crippen molar-refractivity contribution < 1.29 is 23.1 Å². The maximum absolute atomic E-state index is 13.3. The summed E-state index contributed by atoms with van der Waals surface area (Å²) < 4.78 is 40.3. The van der Waals surface area contributed by atoms with Crippen LogP contribution in [0.2, 0.25) is 0 Å². The Morgan fingerprint density at radius 2 is 1.87 bits per heavy atom. The maximum atomic E-state index is 13.3. The van der Waals surface area contributed by atoms with Crippen molar-refractivity contribution in [3.05, 3.63) is 89.2 Å². The lowest BCUT2D eigenvalue weighted by atomic mass is 10.1. The monoisotopic (exact) mass is 428 g/mol. The normalized spacial score (nSPS) is 11.1. The lowest BCUT2D eigenvalue weighted by Gasteiger charge is -2.11. The molecule has 0 fully saturated rings. The van der Waals surface area contributed by atoms with Crippen molar-refractivity contribution in [3.63, 3.8) is 0 Å². The van der Waals surface area contributed by atoms with Gasteiger partial charge >= 0.3 is 12.1 Å². The molecule has 3 aromatic heterocycles. The smallest absolute Gasteiger partial charge is 0.433 e. The first-order valence-corrected chi connectivity index (χ1v) is 9.01. The van der Waals surface area contributed by atoms with Gasteiger partial charge in [0, 0.05) is 24.0 Å². The number of rotatable bonds is 3. The van der Waals surface area contributed by atoms with E-state index >= 15 is 0 Å². The van der Waals surface area contributed by atoms with Crippen molar-refractivity contribution in [1.82, 2.24) is 19.6 Å². The van der Waals surface area contributed by atoms with Crippen LogP contribution in [0.15, 0.2) is 60.9 Å². The van der Waals surface area contributed by atoms with Crippen LogP contribution in [0.5, 0.6) is 0 Å². The highest BCUT2D eigenvalue weighted by Crippen LogP contribution is 2.32. The first-order valence-electron chi connectivity index (χ1n) is 9.01. The molecule has 4 rings (SSSR count). The fourth-order valence-electron chi connectivity index (χ4n) is 2.66. The van der Waals surface area contributed by atoms with Gasteiger partial charge in [-0.1, -0.05) is 41.5 Å². The van der Waals surface area contributed by atoms with Gasteiger partial charge in [-0.3, -0.25) is 4.98 Å². The highest BCUT2D eigenvalue weighted by molar-refractivity contribution is 5.86. The Morgan fingerprint density at radius 1 is 1.16 bits per heavy atom. The van der Waals surface area contributed by atoms with Gasteiger partial charge < -0.3 is 10.8 Å². The van der Waals surface area contributed by atoms with E-state index in [2.05, 4.69) is 15.1 Å². The molecule has 0 saturated carbocycles. The quantitative estimate of drug-likeness (QED) is 0.491. The molecule has 0 unspecified atom stereocenters. The van der Waals surface area contributed by atoms with E-state index in [1.54, 1.807) is 36.7 Å². The summed E-state index contributed by atoms with van der Waals surface area (Å²) in [6, 6.07) is 12.4. The molecule has 0 amide bonds. The van der Waals surface area contributed by atoms with E-state index in [1.165, 1.54) is 0 Å². The van der Waals surface area contributed by atoms with E-state index < -0.39 is 23.5 Å². The summed E-state index contributed by atoms with van der Waals surface area (Å²) in [5.41, 5.74) is 7.68. The van der Waals surface area contributed by atoms with Crippen molar-refractivity contribution >= 4 is 11.6 Å². The molecular formula is C21H17F3N5O2-. The van der Waals surface area contributed by atoms with Crippen LogP contribution in [-0.4, -0.2) is 30.7 Å². The van der Waals surface area contributed by atoms with Gasteiger partial charge in [0.1, 0.15) is 0 Å². The first kappa shape index (κ1) is 21.9. The highest BCUT2D eigenvalue weighted by atomic mass is 19.4. The molecule has 0 aliphatic rings. The zero-order valence-corrected chi connectivity index (χ0v) is 16.3. The maximum Gasteiger partial charge on any atom is 0.433 e. The van der Waals surface area contributed by atoms with Crippen molar-refractivity contribution in [2.75, 3.05) is 0 Å². The molecule has 0 aliphatic carbocycles. The van der Waals surface area contributed by atoms with Crippen LogP contribution in [0.1, 0.15) is 27.3 Å². The fourth-order valence-corrected chi connectivity index (χ4v) is 2.66. The van der Waals surface area contributed by atoms with Crippen molar-refractivity contribution in [2.45, 2.75) is 19.6 Å². The predicted molar refractivity (Wildman–Crippen MR) is 107 cm³/mol. The summed E-state index contributed by atoms with van der Waals surface area (Å²) in [6.45, 7) is 2.19. The third-order valence-corrected chi connectivity index (χ3v) is 4.21. The third kappa shape index (κ3) is 5.23. The fraction of sp³-hybridized carbons (Fsp3) is 0.143. The molecule has 3 heterocycles. The second-order valence-electron chi connectivity index (χ2n) is 6.53. The molecule has 0 atom stereocenters. The van der Waals surface area contributed by atoms with Gasteiger partial charge in [0.05, 0.1) is 5.69 Å². The first-order chi connectivity index (χ1) is 14.7. The summed E-state index contributed by atoms with van der Waals surface area (Å²) in [6.07, 6.45) is -1.28. The average molecular weight is 428 g/mol. The minimum Gasteiger partial charge on any atom is -0.674 e. The Labute approximate surface area is 175 Å². The van der Waals surface area contributed by atoms with E-state index in [-0.39, 0.29) is 11.3 Å². The highest BCUT2D eigenvalue weighted by Gasteiger charge is 2.35. The zero-order valence-electron chi connectivity index (χ0n) is 16.3. The number of aromatic nitrogens is 4. The van der Waals surface area contributed by atoms with Crippen LogP contribution in [0, 0.1) is 6.92 Å². The number of hydrogen-bond donors (Lipinski definition) is 1. The van der Waals surface area contributed by atoms with E-state index in [0.29, 0.717) is 16.6 Å². The summed E-state index contributed by atoms with van der Waals surface area (Å²) in [5.74, 6) is -1.42. The number of nitrogens with one attached hydrogen (secondary N) is 1. The summed E-state index contributed by atoms with van der Waals surface area (Å²) in [5, 5.41) is 12.4. The molecule has 0 aliphatic heterocycles. The molecule has 0 saturated heterocycles. The van der Waals surface area contributed by atoms with Gasteiger partial charge in [-0.2, -0.15) is 18.3 Å². The minimum atomic E-state index is -4.69.